The lowest BCUT2D eigenvalue weighted by Gasteiger charge is -2.05. The van der Waals surface area contributed by atoms with Crippen LogP contribution in [0.25, 0.3) is 0 Å². The van der Waals surface area contributed by atoms with E-state index in [2.05, 4.69) is 5.32 Å². The van der Waals surface area contributed by atoms with Gasteiger partial charge in [0.05, 0.1) is 12.1 Å². The maximum Gasteiger partial charge on any atom is 0.263 e. The van der Waals surface area contributed by atoms with Gasteiger partial charge in [-0.25, -0.2) is 8.42 Å². The van der Waals surface area contributed by atoms with Crippen molar-refractivity contribution in [3.8, 4) is 0 Å². The van der Waals surface area contributed by atoms with Crippen molar-refractivity contribution in [3.05, 3.63) is 22.7 Å². The van der Waals surface area contributed by atoms with Gasteiger partial charge < -0.3 is 5.32 Å². The summed E-state index contributed by atoms with van der Waals surface area (Å²) in [5, 5.41) is 2.68. The fourth-order valence-electron chi connectivity index (χ4n) is 1.47. The van der Waals surface area contributed by atoms with Crippen LogP contribution in [-0.4, -0.2) is 14.3 Å². The molecule has 1 aromatic rings. The van der Waals surface area contributed by atoms with E-state index in [1.54, 1.807) is 6.07 Å². The van der Waals surface area contributed by atoms with Crippen LogP contribution in [0.1, 0.15) is 5.56 Å². The minimum Gasteiger partial charge on any atom is -0.324 e. The van der Waals surface area contributed by atoms with E-state index < -0.39 is 9.05 Å². The molecule has 0 radical (unpaired) electrons. The van der Waals surface area contributed by atoms with Gasteiger partial charge in [0.15, 0.2) is 0 Å². The minimum absolute atomic E-state index is 0.120. The molecule has 0 unspecified atom stereocenters. The lowest BCUT2D eigenvalue weighted by atomic mass is 10.2. The van der Waals surface area contributed by atoms with Crippen molar-refractivity contribution in [3.63, 3.8) is 0 Å². The average molecular weight is 266 g/mol. The van der Waals surface area contributed by atoms with Crippen molar-refractivity contribution in [2.75, 3.05) is 5.32 Å². The van der Waals surface area contributed by atoms with Crippen molar-refractivity contribution in [2.24, 2.45) is 0 Å². The van der Waals surface area contributed by atoms with Gasteiger partial charge >= 0.3 is 0 Å². The number of fused-ring (bicyclic) bond motifs is 1. The molecule has 7 heteroatoms. The lowest BCUT2D eigenvalue weighted by Crippen LogP contribution is -2.05. The third kappa shape index (κ3) is 1.95. The van der Waals surface area contributed by atoms with Gasteiger partial charge in [-0.15, -0.1) is 0 Å². The Kier molecular flexibility index (Phi) is 2.41. The van der Waals surface area contributed by atoms with Crippen LogP contribution in [0.2, 0.25) is 5.02 Å². The second-order valence-electron chi connectivity index (χ2n) is 3.10. The van der Waals surface area contributed by atoms with E-state index in [-0.39, 0.29) is 27.9 Å². The van der Waals surface area contributed by atoms with Crippen LogP contribution in [0.5, 0.6) is 0 Å². The van der Waals surface area contributed by atoms with Gasteiger partial charge in [0.2, 0.25) is 5.91 Å². The first-order valence-corrected chi connectivity index (χ1v) is 6.63. The number of anilines is 1. The molecule has 2 rings (SSSR count). The predicted molar refractivity (Wildman–Crippen MR) is 56.8 cm³/mol. The van der Waals surface area contributed by atoms with Crippen LogP contribution < -0.4 is 5.32 Å². The molecule has 15 heavy (non-hydrogen) atoms. The number of carbonyl (C=O) groups excluding carboxylic acids is 1. The van der Waals surface area contributed by atoms with Gasteiger partial charge in [-0.2, -0.15) is 0 Å². The Hall–Kier alpha value is -0.780. The first-order valence-electron chi connectivity index (χ1n) is 3.95. The fraction of sp³-hybridized carbons (Fsp3) is 0.125. The Balaban J connectivity index is 2.73. The summed E-state index contributed by atoms with van der Waals surface area (Å²) in [6.07, 6.45) is 0.120. The molecular formula is C8H5Cl2NO3S. The number of carbonyl (C=O) groups is 1. The SMILES string of the molecule is O=C1Cc2cc(Cl)cc(S(=O)(=O)Cl)c2N1. The molecule has 0 atom stereocenters. The highest BCUT2D eigenvalue weighted by atomic mass is 35.7. The first kappa shape index (κ1) is 10.7. The molecule has 1 aliphatic heterocycles. The van der Waals surface area contributed by atoms with Gasteiger partial charge in [-0.05, 0) is 17.7 Å². The monoisotopic (exact) mass is 265 g/mol. The van der Waals surface area contributed by atoms with Crippen molar-refractivity contribution in [1.82, 2.24) is 0 Å². The van der Waals surface area contributed by atoms with E-state index in [0.29, 0.717) is 5.56 Å². The van der Waals surface area contributed by atoms with Gasteiger partial charge in [0.25, 0.3) is 9.05 Å². The molecule has 1 aliphatic rings. The van der Waals surface area contributed by atoms with Crippen LogP contribution in [0.15, 0.2) is 17.0 Å². The molecule has 0 aliphatic carbocycles. The summed E-state index contributed by atoms with van der Waals surface area (Å²) in [5.41, 5.74) is 0.783. The van der Waals surface area contributed by atoms with Gasteiger partial charge in [0.1, 0.15) is 4.90 Å². The molecule has 1 aromatic carbocycles. The summed E-state index contributed by atoms with van der Waals surface area (Å²) in [6.45, 7) is 0. The number of nitrogens with one attached hydrogen (secondary N) is 1. The zero-order chi connectivity index (χ0) is 11.2. The highest BCUT2D eigenvalue weighted by Crippen LogP contribution is 2.35. The van der Waals surface area contributed by atoms with Crippen LogP contribution in [-0.2, 0) is 20.3 Å². The van der Waals surface area contributed by atoms with E-state index in [9.17, 15) is 13.2 Å². The van der Waals surface area contributed by atoms with Gasteiger partial charge in [-0.1, -0.05) is 11.6 Å². The van der Waals surface area contributed by atoms with Crippen molar-refractivity contribution < 1.29 is 13.2 Å². The highest BCUT2D eigenvalue weighted by molar-refractivity contribution is 8.13. The molecule has 0 fully saturated rings. The number of rotatable bonds is 1. The smallest absolute Gasteiger partial charge is 0.263 e. The quantitative estimate of drug-likeness (QED) is 0.788. The topological polar surface area (TPSA) is 63.2 Å². The standard InChI is InChI=1S/C8H5Cl2NO3S/c9-5-1-4-2-7(12)11-8(4)6(3-5)15(10,13)14/h1,3H,2H2,(H,11,12). The van der Waals surface area contributed by atoms with Crippen molar-refractivity contribution >= 4 is 42.9 Å². The first-order chi connectivity index (χ1) is 6.88. The number of benzene rings is 1. The Labute approximate surface area is 95.6 Å². The third-order valence-electron chi connectivity index (χ3n) is 2.03. The molecule has 0 spiro atoms. The Bertz CT molecular complexity index is 553. The van der Waals surface area contributed by atoms with E-state index in [0.717, 1.165) is 0 Å². The van der Waals surface area contributed by atoms with Crippen LogP contribution in [0, 0.1) is 0 Å². The van der Waals surface area contributed by atoms with E-state index in [1.807, 2.05) is 0 Å². The van der Waals surface area contributed by atoms with Gasteiger partial charge in [0, 0.05) is 15.7 Å². The van der Waals surface area contributed by atoms with E-state index in [1.165, 1.54) is 6.07 Å². The number of hydrogen-bond acceptors (Lipinski definition) is 3. The molecule has 0 aromatic heterocycles. The molecule has 1 N–H and O–H groups in total. The summed E-state index contributed by atoms with van der Waals surface area (Å²) in [7, 11) is 1.32. The van der Waals surface area contributed by atoms with Gasteiger partial charge in [-0.3, -0.25) is 4.79 Å². The Morgan fingerprint density at radius 2 is 2.00 bits per heavy atom. The molecule has 4 nitrogen and oxygen atoms in total. The normalized spacial score (nSPS) is 14.9. The zero-order valence-corrected chi connectivity index (χ0v) is 9.58. The van der Waals surface area contributed by atoms with Crippen LogP contribution >= 0.6 is 22.3 Å². The maximum absolute atomic E-state index is 11.2. The minimum atomic E-state index is -3.90. The van der Waals surface area contributed by atoms with Crippen LogP contribution in [0.3, 0.4) is 0 Å². The largest absolute Gasteiger partial charge is 0.324 e. The Morgan fingerprint density at radius 1 is 1.33 bits per heavy atom. The fourth-order valence-corrected chi connectivity index (χ4v) is 2.83. The molecule has 1 heterocycles. The summed E-state index contributed by atoms with van der Waals surface area (Å²) >= 11 is 5.72. The summed E-state index contributed by atoms with van der Waals surface area (Å²) in [5.74, 6) is -0.270. The molecule has 0 saturated carbocycles. The maximum atomic E-state index is 11.2. The van der Waals surface area contributed by atoms with E-state index in [4.69, 9.17) is 22.3 Å². The predicted octanol–water partition coefficient (Wildman–Crippen LogP) is 1.76. The van der Waals surface area contributed by atoms with Crippen molar-refractivity contribution in [2.45, 2.75) is 11.3 Å². The van der Waals surface area contributed by atoms with Crippen molar-refractivity contribution in [1.29, 1.82) is 0 Å². The average Bonchev–Trinajstić information content (AvgIpc) is 2.41. The zero-order valence-electron chi connectivity index (χ0n) is 7.25. The van der Waals surface area contributed by atoms with Crippen LogP contribution in [0.4, 0.5) is 5.69 Å². The third-order valence-corrected chi connectivity index (χ3v) is 3.59. The molecule has 0 bridgehead atoms. The number of hydrogen-bond donors (Lipinski definition) is 1. The summed E-state index contributed by atoms with van der Waals surface area (Å²) < 4.78 is 22.4. The molecule has 80 valence electrons. The number of amides is 1. The lowest BCUT2D eigenvalue weighted by molar-refractivity contribution is -0.115. The second kappa shape index (κ2) is 3.37. The molecular weight excluding hydrogens is 261 g/mol. The van der Waals surface area contributed by atoms with E-state index >= 15 is 0 Å². The molecule has 0 saturated heterocycles. The number of halogens is 2. The summed E-state index contributed by atoms with van der Waals surface area (Å²) in [6, 6.07) is 2.76. The Morgan fingerprint density at radius 3 is 2.60 bits per heavy atom. The molecule has 1 amide bonds. The summed E-state index contributed by atoms with van der Waals surface area (Å²) in [4.78, 5) is 10.9. The second-order valence-corrected chi connectivity index (χ2v) is 6.07. The highest BCUT2D eigenvalue weighted by Gasteiger charge is 2.26.